The lowest BCUT2D eigenvalue weighted by molar-refractivity contribution is 0.597. The standard InChI is InChI=1S/C17H22N2O2S/c1-13-4-3-5-16(14(13)2)12-19-11-10-15-6-8-17(9-7-15)22(18,20)21/h3-9,19H,10-12H2,1-2H3,(H2,18,20,21). The maximum Gasteiger partial charge on any atom is 0.238 e. The van der Waals surface area contributed by atoms with Crippen molar-refractivity contribution in [3.05, 3.63) is 64.7 Å². The number of benzene rings is 2. The average molecular weight is 318 g/mol. The molecule has 0 saturated heterocycles. The van der Waals surface area contributed by atoms with Gasteiger partial charge in [0.1, 0.15) is 0 Å². The van der Waals surface area contributed by atoms with E-state index >= 15 is 0 Å². The highest BCUT2D eigenvalue weighted by atomic mass is 32.2. The van der Waals surface area contributed by atoms with Crippen molar-refractivity contribution in [3.8, 4) is 0 Å². The van der Waals surface area contributed by atoms with Gasteiger partial charge in [0.15, 0.2) is 0 Å². The Morgan fingerprint density at radius 2 is 1.73 bits per heavy atom. The summed E-state index contributed by atoms with van der Waals surface area (Å²) < 4.78 is 22.4. The summed E-state index contributed by atoms with van der Waals surface area (Å²) in [6.07, 6.45) is 0.843. The van der Waals surface area contributed by atoms with E-state index in [1.807, 2.05) is 0 Å². The van der Waals surface area contributed by atoms with Crippen LogP contribution >= 0.6 is 0 Å². The molecule has 0 radical (unpaired) electrons. The van der Waals surface area contributed by atoms with Crippen LogP contribution in [-0.2, 0) is 23.0 Å². The van der Waals surface area contributed by atoms with Crippen LogP contribution in [0.5, 0.6) is 0 Å². The molecule has 0 spiro atoms. The fraction of sp³-hybridized carbons (Fsp3) is 0.294. The molecule has 118 valence electrons. The van der Waals surface area contributed by atoms with E-state index in [9.17, 15) is 8.42 Å². The number of aryl methyl sites for hydroxylation is 1. The molecule has 0 heterocycles. The summed E-state index contributed by atoms with van der Waals surface area (Å²) in [5.41, 5.74) is 5.02. The minimum absolute atomic E-state index is 0.152. The molecule has 0 atom stereocenters. The van der Waals surface area contributed by atoms with Gasteiger partial charge in [0.2, 0.25) is 10.0 Å². The molecule has 0 bridgehead atoms. The smallest absolute Gasteiger partial charge is 0.238 e. The SMILES string of the molecule is Cc1cccc(CNCCc2ccc(S(N)(=O)=O)cc2)c1C. The van der Waals surface area contributed by atoms with Crippen LogP contribution in [0.4, 0.5) is 0 Å². The van der Waals surface area contributed by atoms with Gasteiger partial charge in [0.25, 0.3) is 0 Å². The van der Waals surface area contributed by atoms with Crippen LogP contribution < -0.4 is 10.5 Å². The Hall–Kier alpha value is -1.69. The summed E-state index contributed by atoms with van der Waals surface area (Å²) in [6.45, 7) is 5.93. The van der Waals surface area contributed by atoms with Crippen LogP contribution in [-0.4, -0.2) is 15.0 Å². The first kappa shape index (κ1) is 16.7. The molecular weight excluding hydrogens is 296 g/mol. The highest BCUT2D eigenvalue weighted by Gasteiger charge is 2.06. The second-order valence-corrected chi connectivity index (χ2v) is 7.04. The number of rotatable bonds is 6. The van der Waals surface area contributed by atoms with E-state index in [1.165, 1.54) is 16.7 Å². The maximum atomic E-state index is 11.2. The molecule has 2 aromatic rings. The molecule has 0 aromatic heterocycles. The highest BCUT2D eigenvalue weighted by Crippen LogP contribution is 2.12. The second kappa shape index (κ2) is 7.05. The average Bonchev–Trinajstić information content (AvgIpc) is 2.47. The maximum absolute atomic E-state index is 11.2. The summed E-state index contributed by atoms with van der Waals surface area (Å²) in [5, 5.41) is 8.50. The number of sulfonamides is 1. The number of hydrogen-bond acceptors (Lipinski definition) is 3. The Labute approximate surface area is 132 Å². The van der Waals surface area contributed by atoms with E-state index in [2.05, 4.69) is 37.4 Å². The zero-order valence-electron chi connectivity index (χ0n) is 13.0. The molecule has 0 aliphatic carbocycles. The normalized spacial score (nSPS) is 11.6. The number of hydrogen-bond donors (Lipinski definition) is 2. The van der Waals surface area contributed by atoms with Crippen LogP contribution in [0.2, 0.25) is 0 Å². The van der Waals surface area contributed by atoms with Gasteiger partial charge >= 0.3 is 0 Å². The zero-order valence-corrected chi connectivity index (χ0v) is 13.8. The van der Waals surface area contributed by atoms with Gasteiger partial charge in [-0.1, -0.05) is 30.3 Å². The summed E-state index contributed by atoms with van der Waals surface area (Å²) in [6, 6.07) is 13.0. The number of nitrogens with two attached hydrogens (primary N) is 1. The van der Waals surface area contributed by atoms with Gasteiger partial charge in [-0.05, 0) is 61.2 Å². The van der Waals surface area contributed by atoms with E-state index in [4.69, 9.17) is 5.14 Å². The lowest BCUT2D eigenvalue weighted by atomic mass is 10.0. The topological polar surface area (TPSA) is 72.2 Å². The van der Waals surface area contributed by atoms with Crippen LogP contribution in [0.25, 0.3) is 0 Å². The summed E-state index contributed by atoms with van der Waals surface area (Å²) in [5.74, 6) is 0. The predicted octanol–water partition coefficient (Wildman–Crippen LogP) is 2.28. The van der Waals surface area contributed by atoms with Crippen molar-refractivity contribution in [2.45, 2.75) is 31.7 Å². The molecule has 0 saturated carbocycles. The van der Waals surface area contributed by atoms with E-state index in [0.29, 0.717) is 0 Å². The molecule has 2 rings (SSSR count). The molecule has 0 amide bonds. The Balaban J connectivity index is 1.85. The first-order chi connectivity index (χ1) is 10.4. The van der Waals surface area contributed by atoms with Gasteiger partial charge in [-0.15, -0.1) is 0 Å². The van der Waals surface area contributed by atoms with Crippen molar-refractivity contribution in [1.29, 1.82) is 0 Å². The van der Waals surface area contributed by atoms with Gasteiger partial charge in [-0.3, -0.25) is 0 Å². The Bertz CT molecular complexity index is 738. The van der Waals surface area contributed by atoms with Gasteiger partial charge in [0.05, 0.1) is 4.90 Å². The largest absolute Gasteiger partial charge is 0.312 e. The molecule has 4 nitrogen and oxygen atoms in total. The van der Waals surface area contributed by atoms with Crippen molar-refractivity contribution < 1.29 is 8.42 Å². The van der Waals surface area contributed by atoms with Gasteiger partial charge in [-0.25, -0.2) is 13.6 Å². The summed E-state index contributed by atoms with van der Waals surface area (Å²) >= 11 is 0. The van der Waals surface area contributed by atoms with Crippen molar-refractivity contribution in [3.63, 3.8) is 0 Å². The molecule has 0 unspecified atom stereocenters. The molecule has 0 aliphatic rings. The van der Waals surface area contributed by atoms with Crippen LogP contribution in [0, 0.1) is 13.8 Å². The summed E-state index contributed by atoms with van der Waals surface area (Å²) in [4.78, 5) is 0.152. The monoisotopic (exact) mass is 318 g/mol. The van der Waals surface area contributed by atoms with E-state index in [-0.39, 0.29) is 4.90 Å². The van der Waals surface area contributed by atoms with Gasteiger partial charge in [0, 0.05) is 6.54 Å². The highest BCUT2D eigenvalue weighted by molar-refractivity contribution is 7.89. The van der Waals surface area contributed by atoms with Crippen molar-refractivity contribution in [1.82, 2.24) is 5.32 Å². The summed E-state index contributed by atoms with van der Waals surface area (Å²) in [7, 11) is -3.61. The molecule has 5 heteroatoms. The van der Waals surface area contributed by atoms with Crippen molar-refractivity contribution in [2.75, 3.05) is 6.54 Å². The second-order valence-electron chi connectivity index (χ2n) is 5.47. The third kappa shape index (κ3) is 4.40. The molecule has 0 aliphatic heterocycles. The minimum atomic E-state index is -3.61. The van der Waals surface area contributed by atoms with E-state index < -0.39 is 10.0 Å². The van der Waals surface area contributed by atoms with Gasteiger partial charge in [-0.2, -0.15) is 0 Å². The van der Waals surface area contributed by atoms with Crippen LogP contribution in [0.3, 0.4) is 0 Å². The van der Waals surface area contributed by atoms with Gasteiger partial charge < -0.3 is 5.32 Å². The third-order valence-electron chi connectivity index (χ3n) is 3.87. The Morgan fingerprint density at radius 3 is 2.36 bits per heavy atom. The predicted molar refractivity (Wildman–Crippen MR) is 89.1 cm³/mol. The first-order valence-corrected chi connectivity index (χ1v) is 8.80. The molecular formula is C17H22N2O2S. The lowest BCUT2D eigenvalue weighted by Gasteiger charge is -2.10. The Morgan fingerprint density at radius 1 is 1.05 bits per heavy atom. The van der Waals surface area contributed by atoms with Crippen LogP contribution in [0.1, 0.15) is 22.3 Å². The zero-order chi connectivity index (χ0) is 16.2. The molecule has 22 heavy (non-hydrogen) atoms. The van der Waals surface area contributed by atoms with Crippen molar-refractivity contribution in [2.24, 2.45) is 5.14 Å². The number of primary sulfonamides is 1. The third-order valence-corrected chi connectivity index (χ3v) is 4.80. The Kier molecular flexibility index (Phi) is 5.34. The molecule has 0 fully saturated rings. The van der Waals surface area contributed by atoms with E-state index in [0.717, 1.165) is 25.1 Å². The lowest BCUT2D eigenvalue weighted by Crippen LogP contribution is -2.17. The quantitative estimate of drug-likeness (QED) is 0.803. The molecule has 2 aromatic carbocycles. The minimum Gasteiger partial charge on any atom is -0.312 e. The number of nitrogens with one attached hydrogen (secondary N) is 1. The first-order valence-electron chi connectivity index (χ1n) is 7.25. The molecule has 3 N–H and O–H groups in total. The fourth-order valence-electron chi connectivity index (χ4n) is 2.30. The fourth-order valence-corrected chi connectivity index (χ4v) is 2.82. The van der Waals surface area contributed by atoms with Crippen LogP contribution in [0.15, 0.2) is 47.4 Å². The van der Waals surface area contributed by atoms with E-state index in [1.54, 1.807) is 24.3 Å². The van der Waals surface area contributed by atoms with Crippen molar-refractivity contribution >= 4 is 10.0 Å².